The molecule has 0 amide bonds. The number of hydrogen-bond acceptors (Lipinski definition) is 18. The van der Waals surface area contributed by atoms with Crippen LogP contribution in [0.15, 0.2) is 30.5 Å². The Morgan fingerprint density at radius 2 is 1.63 bits per heavy atom. The van der Waals surface area contributed by atoms with Crippen molar-refractivity contribution in [3.63, 3.8) is 0 Å². The molecule has 3 fully saturated rings. The second-order valence-electron chi connectivity index (χ2n) is 21.6. The van der Waals surface area contributed by atoms with Crippen LogP contribution in [0.5, 0.6) is 5.75 Å². The van der Waals surface area contributed by atoms with E-state index in [0.29, 0.717) is 37.2 Å². The molecule has 6 N–H and O–H groups in total. The SMILES string of the molecule is CC[C@H]1OC(=O)[C@H](C)[C@@H](O[C@H]2C[C@@](C)(OC)[C@@H](O)[C@H](C)O2)[C@H](C)[C@@H](O[C@@H]2O[C@H](C)C[C@H](N(C)CCc3cn([C@H](CF)[C@H](OC)c4ccc(O)cc4)nn3)[C@H]2O)[C@](C)(O)C[C@@H](C)CN(C)[C@H](C)[C@@H](O)[C@]1(C)O. The van der Waals surface area contributed by atoms with Gasteiger partial charge in [0.2, 0.25) is 0 Å². The summed E-state index contributed by atoms with van der Waals surface area (Å²) in [6.07, 6.45) is -8.13. The van der Waals surface area contributed by atoms with Gasteiger partial charge in [0.05, 0.1) is 47.2 Å². The van der Waals surface area contributed by atoms with Crippen LogP contribution in [0.4, 0.5) is 4.39 Å². The van der Waals surface area contributed by atoms with E-state index in [0.717, 1.165) is 0 Å². The van der Waals surface area contributed by atoms with Crippen molar-refractivity contribution in [3.8, 4) is 5.75 Å². The van der Waals surface area contributed by atoms with E-state index in [1.54, 1.807) is 66.8 Å². The summed E-state index contributed by atoms with van der Waals surface area (Å²) in [4.78, 5) is 18.4. The number of methoxy groups -OCH3 is 2. The summed E-state index contributed by atoms with van der Waals surface area (Å²) >= 11 is 0. The molecule has 3 aliphatic rings. The smallest absolute Gasteiger partial charge is 0.311 e. The molecule has 19 nitrogen and oxygen atoms in total. The summed E-state index contributed by atoms with van der Waals surface area (Å²) < 4.78 is 59.9. The lowest BCUT2D eigenvalue weighted by atomic mass is 9.77. The summed E-state index contributed by atoms with van der Waals surface area (Å²) in [5, 5.41) is 78.0. The van der Waals surface area contributed by atoms with E-state index in [-0.39, 0.29) is 30.9 Å². The Balaban J connectivity index is 1.45. The molecule has 20 heteroatoms. The molecule has 0 aliphatic carbocycles. The number of phenols is 1. The lowest BCUT2D eigenvalue weighted by molar-refractivity contribution is -0.318. The van der Waals surface area contributed by atoms with Crippen LogP contribution < -0.4 is 0 Å². The van der Waals surface area contributed by atoms with Crippen LogP contribution in [-0.2, 0) is 44.4 Å². The van der Waals surface area contributed by atoms with Crippen LogP contribution in [0.25, 0.3) is 0 Å². The van der Waals surface area contributed by atoms with E-state index in [1.807, 2.05) is 37.7 Å². The molecule has 0 bridgehead atoms. The molecule has 5 rings (SSSR count). The average Bonchev–Trinajstić information content (AvgIpc) is 3.79. The van der Waals surface area contributed by atoms with Crippen molar-refractivity contribution in [2.45, 2.75) is 204 Å². The van der Waals surface area contributed by atoms with Gasteiger partial charge in [0.1, 0.15) is 54.6 Å². The molecule has 3 aliphatic heterocycles. The minimum Gasteiger partial charge on any atom is -0.508 e. The molecule has 3 saturated heterocycles. The number of cyclic esters (lactones) is 1. The van der Waals surface area contributed by atoms with E-state index in [1.165, 1.54) is 38.0 Å². The fraction of sp³-hybridized carbons (Fsp3) is 0.824. The van der Waals surface area contributed by atoms with Crippen LogP contribution in [0.3, 0.4) is 0 Å². The van der Waals surface area contributed by atoms with E-state index < -0.39 is 127 Å². The lowest BCUT2D eigenvalue weighted by Gasteiger charge is -2.49. The number of carbonyl (C=O) groups is 1. The normalized spacial score (nSPS) is 40.4. The summed E-state index contributed by atoms with van der Waals surface area (Å²) in [5.74, 6) is -2.81. The van der Waals surface area contributed by atoms with Gasteiger partial charge in [-0.3, -0.25) is 4.79 Å². The monoisotopic (exact) mass is 1010 g/mol. The quantitative estimate of drug-likeness (QED) is 0.139. The third-order valence-electron chi connectivity index (χ3n) is 15.7. The molecule has 20 atom stereocenters. The molecule has 71 heavy (non-hydrogen) atoms. The number of aromatic nitrogens is 3. The molecule has 1 aromatic carbocycles. The van der Waals surface area contributed by atoms with Crippen LogP contribution in [0.1, 0.15) is 118 Å². The molecule has 0 saturated carbocycles. The zero-order valence-corrected chi connectivity index (χ0v) is 44.4. The first-order chi connectivity index (χ1) is 33.2. The van der Waals surface area contributed by atoms with E-state index in [9.17, 15) is 39.8 Å². The third kappa shape index (κ3) is 13.7. The van der Waals surface area contributed by atoms with E-state index in [4.69, 9.17) is 33.2 Å². The molecule has 4 heterocycles. The molecule has 2 aromatic rings. The first kappa shape index (κ1) is 58.9. The number of ether oxygens (including phenoxy) is 7. The molecule has 0 unspecified atom stereocenters. The average molecular weight is 1010 g/mol. The number of aromatic hydroxyl groups is 1. The Morgan fingerprint density at radius 1 is 0.972 bits per heavy atom. The molecule has 0 radical (unpaired) electrons. The first-order valence-corrected chi connectivity index (χ1v) is 25.3. The minimum absolute atomic E-state index is 0.0796. The van der Waals surface area contributed by atoms with E-state index >= 15 is 0 Å². The van der Waals surface area contributed by atoms with Crippen LogP contribution in [0, 0.1) is 17.8 Å². The highest BCUT2D eigenvalue weighted by molar-refractivity contribution is 5.73. The number of likely N-dealkylation sites (N-methyl/N-ethyl adjacent to an activating group) is 2. The van der Waals surface area contributed by atoms with Crippen LogP contribution in [0.2, 0.25) is 0 Å². The van der Waals surface area contributed by atoms with Gasteiger partial charge in [0.25, 0.3) is 0 Å². The third-order valence-corrected chi connectivity index (χ3v) is 15.7. The largest absolute Gasteiger partial charge is 0.508 e. The number of halogens is 1. The Morgan fingerprint density at radius 3 is 2.24 bits per heavy atom. The number of aliphatic hydroxyl groups is 5. The number of aliphatic hydroxyl groups excluding tert-OH is 3. The molecule has 1 aromatic heterocycles. The number of phenolic OH excluding ortho intramolecular Hbond substituents is 1. The zero-order chi connectivity index (χ0) is 52.9. The number of nitrogens with zero attached hydrogens (tertiary/aromatic N) is 5. The van der Waals surface area contributed by atoms with Gasteiger partial charge in [-0.1, -0.05) is 38.1 Å². The fourth-order valence-electron chi connectivity index (χ4n) is 11.2. The van der Waals surface area contributed by atoms with Crippen molar-refractivity contribution in [2.24, 2.45) is 17.8 Å². The van der Waals surface area contributed by atoms with Crippen molar-refractivity contribution in [1.29, 1.82) is 0 Å². The highest BCUT2D eigenvalue weighted by Gasteiger charge is 2.53. The Kier molecular flexibility index (Phi) is 20.4. The van der Waals surface area contributed by atoms with Crippen LogP contribution in [-0.4, -0.2) is 200 Å². The Hall–Kier alpha value is -2.96. The van der Waals surface area contributed by atoms with Gasteiger partial charge in [0, 0.05) is 64.3 Å². The van der Waals surface area contributed by atoms with Crippen molar-refractivity contribution in [3.05, 3.63) is 41.7 Å². The van der Waals surface area contributed by atoms with Gasteiger partial charge in [-0.15, -0.1) is 5.10 Å². The predicted octanol–water partition coefficient (Wildman–Crippen LogP) is 3.71. The van der Waals surface area contributed by atoms with Gasteiger partial charge < -0.3 is 73.6 Å². The summed E-state index contributed by atoms with van der Waals surface area (Å²) in [6, 6.07) is 4.45. The number of carbonyl (C=O) groups excluding carboxylic acids is 1. The van der Waals surface area contributed by atoms with Gasteiger partial charge in [0.15, 0.2) is 12.6 Å². The highest BCUT2D eigenvalue weighted by Crippen LogP contribution is 2.41. The topological polar surface area (TPSA) is 240 Å². The van der Waals surface area contributed by atoms with Crippen LogP contribution >= 0.6 is 0 Å². The van der Waals surface area contributed by atoms with Crippen molar-refractivity contribution in [1.82, 2.24) is 24.8 Å². The Labute approximate surface area is 419 Å². The maximum atomic E-state index is 14.6. The van der Waals surface area contributed by atoms with Gasteiger partial charge in [-0.05, 0) is 105 Å². The second kappa shape index (κ2) is 24.6. The van der Waals surface area contributed by atoms with Crippen molar-refractivity contribution < 1.29 is 73.0 Å². The van der Waals surface area contributed by atoms with E-state index in [2.05, 4.69) is 10.3 Å². The zero-order valence-electron chi connectivity index (χ0n) is 44.4. The minimum atomic E-state index is -1.85. The lowest BCUT2D eigenvalue weighted by Crippen LogP contribution is -2.61. The molecule has 406 valence electrons. The maximum absolute atomic E-state index is 14.6. The second-order valence-corrected chi connectivity index (χ2v) is 21.6. The van der Waals surface area contributed by atoms with Crippen molar-refractivity contribution in [2.75, 3.05) is 48.1 Å². The summed E-state index contributed by atoms with van der Waals surface area (Å²) in [5.41, 5.74) is -3.34. The molecule has 0 spiro atoms. The Bertz CT molecular complexity index is 1970. The number of rotatable bonds is 15. The fourth-order valence-corrected chi connectivity index (χ4v) is 11.2. The predicted molar refractivity (Wildman–Crippen MR) is 260 cm³/mol. The highest BCUT2D eigenvalue weighted by atomic mass is 19.1. The number of alkyl halides is 1. The number of esters is 1. The summed E-state index contributed by atoms with van der Waals surface area (Å²) in [6.45, 7) is 17.4. The molecular formula is C51H86FN5O14. The first-order valence-electron chi connectivity index (χ1n) is 25.3. The van der Waals surface area contributed by atoms with Gasteiger partial charge in [-0.2, -0.15) is 0 Å². The number of hydrogen-bond donors (Lipinski definition) is 6. The summed E-state index contributed by atoms with van der Waals surface area (Å²) in [7, 11) is 6.67. The standard InChI is InChI=1S/C51H86FN5O14/c1-15-39-51(10,64)44(60)32(6)56(12)26-28(2)23-49(8,63)46(30(4)42(31(5)47(62)69-39)70-40-24-50(9,66-14)45(61)33(7)68-40)71-48-41(59)37(22-29(3)67-48)55(11)21-20-35-27-57(54-53-35)38(25-52)43(65-13)34-16-18-36(58)19-17-34/h16-19,27-33,37-46,48,58-61,63-64H,15,20-26H2,1-14H3/t28-,29-,30+,31-,32-,33+,37+,38-,39-,40+,41-,42+,43-,44-,45+,46-,48+,49-,50-,51-/m1/s1. The van der Waals surface area contributed by atoms with Gasteiger partial charge in [-0.25, -0.2) is 9.07 Å². The van der Waals surface area contributed by atoms with Gasteiger partial charge >= 0.3 is 5.97 Å². The molecular weight excluding hydrogens is 926 g/mol. The van der Waals surface area contributed by atoms with Crippen molar-refractivity contribution >= 4 is 5.97 Å². The number of benzene rings is 1. The maximum Gasteiger partial charge on any atom is 0.311 e.